The Balaban J connectivity index is 2.02. The smallest absolute Gasteiger partial charge is 0.312 e. The number of tetrazole rings is 1. The van der Waals surface area contributed by atoms with Crippen LogP contribution in [-0.4, -0.2) is 36.1 Å². The SMILES string of the molecule is O=C(O)C(Cc1cccc(F)c1)c1cncc2nnnn12. The van der Waals surface area contributed by atoms with Gasteiger partial charge in [-0.1, -0.05) is 12.1 Å². The normalized spacial score (nSPS) is 12.4. The number of halogens is 1. The number of hydrogen-bond donors (Lipinski definition) is 1. The number of hydrogen-bond acceptors (Lipinski definition) is 5. The van der Waals surface area contributed by atoms with Crippen LogP contribution in [0.15, 0.2) is 36.7 Å². The van der Waals surface area contributed by atoms with Gasteiger partial charge in [-0.15, -0.1) is 5.10 Å². The fraction of sp³-hybridized carbons (Fsp3) is 0.154. The number of carboxylic acids is 1. The van der Waals surface area contributed by atoms with Gasteiger partial charge >= 0.3 is 5.97 Å². The maximum Gasteiger partial charge on any atom is 0.312 e. The fourth-order valence-electron chi connectivity index (χ4n) is 2.15. The Hall–Kier alpha value is -2.90. The van der Waals surface area contributed by atoms with Crippen LogP contribution >= 0.6 is 0 Å². The van der Waals surface area contributed by atoms with Crippen LogP contribution in [0.2, 0.25) is 0 Å². The summed E-state index contributed by atoms with van der Waals surface area (Å²) in [7, 11) is 0. The molecule has 0 radical (unpaired) electrons. The van der Waals surface area contributed by atoms with E-state index >= 15 is 0 Å². The third-order valence-corrected chi connectivity index (χ3v) is 3.12. The number of carbonyl (C=O) groups is 1. The first-order valence-corrected chi connectivity index (χ1v) is 6.14. The second kappa shape index (κ2) is 5.23. The largest absolute Gasteiger partial charge is 0.481 e. The van der Waals surface area contributed by atoms with Crippen LogP contribution in [0.3, 0.4) is 0 Å². The van der Waals surface area contributed by atoms with Crippen molar-refractivity contribution < 1.29 is 14.3 Å². The summed E-state index contributed by atoms with van der Waals surface area (Å²) in [6.45, 7) is 0. The minimum Gasteiger partial charge on any atom is -0.481 e. The quantitative estimate of drug-likeness (QED) is 0.771. The first-order valence-electron chi connectivity index (χ1n) is 6.14. The van der Waals surface area contributed by atoms with Crippen molar-refractivity contribution in [2.75, 3.05) is 0 Å². The van der Waals surface area contributed by atoms with Crippen LogP contribution in [0.5, 0.6) is 0 Å². The molecular weight excluding hydrogens is 277 g/mol. The lowest BCUT2D eigenvalue weighted by molar-refractivity contribution is -0.138. The fourth-order valence-corrected chi connectivity index (χ4v) is 2.15. The number of carboxylic acid groups (broad SMARTS) is 1. The molecule has 0 saturated heterocycles. The number of fused-ring (bicyclic) bond motifs is 1. The summed E-state index contributed by atoms with van der Waals surface area (Å²) >= 11 is 0. The summed E-state index contributed by atoms with van der Waals surface area (Å²) < 4.78 is 14.6. The monoisotopic (exact) mass is 287 g/mol. The highest BCUT2D eigenvalue weighted by atomic mass is 19.1. The molecule has 0 aliphatic rings. The lowest BCUT2D eigenvalue weighted by Crippen LogP contribution is -2.18. The molecule has 1 unspecified atom stereocenters. The summed E-state index contributed by atoms with van der Waals surface area (Å²) in [4.78, 5) is 15.5. The van der Waals surface area contributed by atoms with Gasteiger partial charge in [0.2, 0.25) is 0 Å². The average molecular weight is 287 g/mol. The van der Waals surface area contributed by atoms with Crippen molar-refractivity contribution in [3.63, 3.8) is 0 Å². The second-order valence-corrected chi connectivity index (χ2v) is 4.51. The molecule has 3 rings (SSSR count). The van der Waals surface area contributed by atoms with Crippen molar-refractivity contribution in [3.05, 3.63) is 53.7 Å². The molecule has 0 amide bonds. The van der Waals surface area contributed by atoms with Gasteiger partial charge in [-0.05, 0) is 34.5 Å². The van der Waals surface area contributed by atoms with Crippen LogP contribution in [0.1, 0.15) is 17.2 Å². The molecule has 1 atom stereocenters. The van der Waals surface area contributed by atoms with E-state index in [4.69, 9.17) is 0 Å². The van der Waals surface area contributed by atoms with Gasteiger partial charge in [0.15, 0.2) is 5.65 Å². The Labute approximate surface area is 118 Å². The van der Waals surface area contributed by atoms with E-state index in [9.17, 15) is 14.3 Å². The van der Waals surface area contributed by atoms with Gasteiger partial charge in [-0.25, -0.2) is 4.39 Å². The molecule has 2 heterocycles. The van der Waals surface area contributed by atoms with E-state index in [2.05, 4.69) is 20.5 Å². The first-order chi connectivity index (χ1) is 10.1. The Morgan fingerprint density at radius 1 is 1.38 bits per heavy atom. The summed E-state index contributed by atoms with van der Waals surface area (Å²) in [5.41, 5.74) is 1.28. The van der Waals surface area contributed by atoms with Gasteiger partial charge in [-0.3, -0.25) is 9.78 Å². The molecule has 0 bridgehead atoms. The van der Waals surface area contributed by atoms with E-state index in [0.29, 0.717) is 16.9 Å². The number of benzene rings is 1. The van der Waals surface area contributed by atoms with Crippen molar-refractivity contribution in [3.8, 4) is 0 Å². The molecule has 0 saturated carbocycles. The lowest BCUT2D eigenvalue weighted by atomic mass is 9.96. The molecule has 3 aromatic rings. The third kappa shape index (κ3) is 2.55. The van der Waals surface area contributed by atoms with Crippen molar-refractivity contribution in [2.45, 2.75) is 12.3 Å². The Morgan fingerprint density at radius 3 is 3.00 bits per heavy atom. The highest BCUT2D eigenvalue weighted by molar-refractivity contribution is 5.76. The van der Waals surface area contributed by atoms with Crippen molar-refractivity contribution in [2.24, 2.45) is 0 Å². The number of aromatic nitrogens is 5. The molecule has 7 nitrogen and oxygen atoms in total. The van der Waals surface area contributed by atoms with Crippen molar-refractivity contribution in [1.29, 1.82) is 0 Å². The zero-order valence-electron chi connectivity index (χ0n) is 10.7. The molecule has 0 aliphatic heterocycles. The van der Waals surface area contributed by atoms with E-state index in [1.165, 1.54) is 29.0 Å². The zero-order valence-corrected chi connectivity index (χ0v) is 10.7. The lowest BCUT2D eigenvalue weighted by Gasteiger charge is -2.13. The summed E-state index contributed by atoms with van der Waals surface area (Å²) in [5, 5.41) is 20.4. The average Bonchev–Trinajstić information content (AvgIpc) is 2.93. The van der Waals surface area contributed by atoms with E-state index in [-0.39, 0.29) is 6.42 Å². The molecule has 8 heteroatoms. The predicted molar refractivity (Wildman–Crippen MR) is 69.1 cm³/mol. The molecular formula is C13H10FN5O2. The van der Waals surface area contributed by atoms with Crippen LogP contribution in [0, 0.1) is 5.82 Å². The third-order valence-electron chi connectivity index (χ3n) is 3.12. The molecule has 106 valence electrons. The molecule has 1 N–H and O–H groups in total. The molecule has 2 aromatic heterocycles. The van der Waals surface area contributed by atoms with Crippen molar-refractivity contribution >= 4 is 11.6 Å². The minimum absolute atomic E-state index is 0.119. The van der Waals surface area contributed by atoms with E-state index in [0.717, 1.165) is 0 Å². The van der Waals surface area contributed by atoms with Crippen LogP contribution in [-0.2, 0) is 11.2 Å². The standard InChI is InChI=1S/C13H10FN5O2/c14-9-3-1-2-8(4-9)5-10(13(20)21)11-6-15-7-12-16-17-18-19(11)12/h1-4,6-7,10H,5H2,(H,20,21). The van der Waals surface area contributed by atoms with E-state index in [1.807, 2.05) is 0 Å². The van der Waals surface area contributed by atoms with E-state index < -0.39 is 17.7 Å². The van der Waals surface area contributed by atoms with Gasteiger partial charge in [0.25, 0.3) is 0 Å². The Bertz CT molecular complexity index is 804. The Kier molecular flexibility index (Phi) is 3.27. The predicted octanol–water partition coefficient (Wildman–Crippen LogP) is 1.07. The Morgan fingerprint density at radius 2 is 2.24 bits per heavy atom. The minimum atomic E-state index is -1.05. The summed E-state index contributed by atoms with van der Waals surface area (Å²) in [5.74, 6) is -2.38. The first kappa shape index (κ1) is 13.1. The summed E-state index contributed by atoms with van der Waals surface area (Å²) in [6.07, 6.45) is 2.96. The van der Waals surface area contributed by atoms with Crippen LogP contribution < -0.4 is 0 Å². The number of aliphatic carboxylic acids is 1. The second-order valence-electron chi connectivity index (χ2n) is 4.51. The van der Waals surface area contributed by atoms with Gasteiger partial charge in [0, 0.05) is 6.20 Å². The maximum atomic E-state index is 13.2. The number of nitrogens with zero attached hydrogens (tertiary/aromatic N) is 5. The number of rotatable bonds is 4. The van der Waals surface area contributed by atoms with Crippen molar-refractivity contribution in [1.82, 2.24) is 25.0 Å². The topological polar surface area (TPSA) is 93.3 Å². The van der Waals surface area contributed by atoms with Gasteiger partial charge in [0.1, 0.15) is 11.7 Å². The van der Waals surface area contributed by atoms with Gasteiger partial charge in [0.05, 0.1) is 11.9 Å². The maximum absolute atomic E-state index is 13.2. The highest BCUT2D eigenvalue weighted by Crippen LogP contribution is 2.21. The molecule has 0 spiro atoms. The van der Waals surface area contributed by atoms with Crippen LogP contribution in [0.4, 0.5) is 4.39 Å². The molecule has 0 fully saturated rings. The van der Waals surface area contributed by atoms with Crippen LogP contribution in [0.25, 0.3) is 5.65 Å². The molecule has 1 aromatic carbocycles. The molecule has 0 aliphatic carbocycles. The van der Waals surface area contributed by atoms with Gasteiger partial charge < -0.3 is 5.11 Å². The zero-order chi connectivity index (χ0) is 14.8. The van der Waals surface area contributed by atoms with Gasteiger partial charge in [-0.2, -0.15) is 4.52 Å². The molecule has 21 heavy (non-hydrogen) atoms. The summed E-state index contributed by atoms with van der Waals surface area (Å²) in [6, 6.07) is 5.83. The highest BCUT2D eigenvalue weighted by Gasteiger charge is 2.24. The van der Waals surface area contributed by atoms with E-state index in [1.54, 1.807) is 12.1 Å².